The zero-order valence-electron chi connectivity index (χ0n) is 12.9. The van der Waals surface area contributed by atoms with Crippen LogP contribution in [0.15, 0.2) is 0 Å². The van der Waals surface area contributed by atoms with Gasteiger partial charge in [-0.2, -0.15) is 0 Å². The van der Waals surface area contributed by atoms with Crippen molar-refractivity contribution in [3.05, 3.63) is 0 Å². The molecule has 3 rings (SSSR count). The fourth-order valence-corrected chi connectivity index (χ4v) is 7.69. The lowest BCUT2D eigenvalue weighted by atomic mass is 9.69. The predicted octanol–water partition coefficient (Wildman–Crippen LogP) is 2.01. The SMILES string of the molecule is C#CC[C@H](C)C(=O)N1C2CC3CCC2(CS1(=O)=O)C3(C)C. The van der Waals surface area contributed by atoms with E-state index in [1.165, 1.54) is 4.31 Å². The van der Waals surface area contributed by atoms with E-state index in [4.69, 9.17) is 6.42 Å². The van der Waals surface area contributed by atoms with Crippen LogP contribution >= 0.6 is 0 Å². The molecular formula is C16H23NO3S. The third kappa shape index (κ3) is 1.69. The molecule has 0 aromatic carbocycles. The Balaban J connectivity index is 2.01. The molecule has 0 N–H and O–H groups in total. The summed E-state index contributed by atoms with van der Waals surface area (Å²) in [6, 6.07) is -0.149. The molecular weight excluding hydrogens is 286 g/mol. The van der Waals surface area contributed by atoms with E-state index < -0.39 is 15.9 Å². The molecule has 1 saturated heterocycles. The van der Waals surface area contributed by atoms with Gasteiger partial charge in [-0.1, -0.05) is 20.8 Å². The lowest BCUT2D eigenvalue weighted by molar-refractivity contribution is -0.132. The maximum atomic E-state index is 12.6. The standard InChI is InChI=1S/C16H23NO3S/c1-5-6-11(2)14(18)17-13-9-12-7-8-16(13,15(12,3)4)10-21(17,19)20/h1,11-13H,6-10H2,2-4H3/t11-,12?,13?,16?/m0/s1. The van der Waals surface area contributed by atoms with Crippen LogP contribution in [-0.2, 0) is 14.8 Å². The van der Waals surface area contributed by atoms with Gasteiger partial charge < -0.3 is 0 Å². The van der Waals surface area contributed by atoms with Crippen molar-refractivity contribution in [1.29, 1.82) is 0 Å². The van der Waals surface area contributed by atoms with Crippen LogP contribution in [0.3, 0.4) is 0 Å². The molecule has 4 nitrogen and oxygen atoms in total. The van der Waals surface area contributed by atoms with E-state index in [0.29, 0.717) is 5.92 Å². The number of nitrogens with zero attached hydrogens (tertiary/aromatic N) is 1. The van der Waals surface area contributed by atoms with Crippen molar-refractivity contribution < 1.29 is 13.2 Å². The summed E-state index contributed by atoms with van der Waals surface area (Å²) in [6.45, 7) is 6.08. The maximum absolute atomic E-state index is 12.6. The lowest BCUT2D eigenvalue weighted by Crippen LogP contribution is -2.45. The van der Waals surface area contributed by atoms with E-state index in [9.17, 15) is 13.2 Å². The van der Waals surface area contributed by atoms with Gasteiger partial charge in [0.1, 0.15) is 0 Å². The molecule has 3 unspecified atom stereocenters. The molecule has 2 aliphatic carbocycles. The Morgan fingerprint density at radius 3 is 2.71 bits per heavy atom. The van der Waals surface area contributed by atoms with Crippen LogP contribution in [0.4, 0.5) is 0 Å². The molecule has 2 saturated carbocycles. The van der Waals surface area contributed by atoms with E-state index in [0.717, 1.165) is 19.3 Å². The molecule has 21 heavy (non-hydrogen) atoms. The van der Waals surface area contributed by atoms with Gasteiger partial charge in [-0.25, -0.2) is 12.7 Å². The van der Waals surface area contributed by atoms with Gasteiger partial charge in [-0.05, 0) is 30.6 Å². The summed E-state index contributed by atoms with van der Waals surface area (Å²) in [7, 11) is -3.51. The summed E-state index contributed by atoms with van der Waals surface area (Å²) in [5.74, 6) is 2.38. The third-order valence-electron chi connectivity index (χ3n) is 6.47. The normalized spacial score (nSPS) is 39.8. The Labute approximate surface area is 127 Å². The molecule has 5 heteroatoms. The summed E-state index contributed by atoms with van der Waals surface area (Å²) < 4.78 is 26.5. The van der Waals surface area contributed by atoms with Gasteiger partial charge >= 0.3 is 0 Å². The first-order chi connectivity index (χ1) is 9.67. The zero-order valence-corrected chi connectivity index (χ0v) is 13.7. The first-order valence-corrected chi connectivity index (χ1v) is 9.28. The number of rotatable bonds is 2. The molecule has 2 bridgehead atoms. The number of amides is 1. The van der Waals surface area contributed by atoms with Gasteiger partial charge in [0.25, 0.3) is 0 Å². The second-order valence-electron chi connectivity index (χ2n) is 7.56. The molecule has 116 valence electrons. The van der Waals surface area contributed by atoms with Crippen molar-refractivity contribution in [2.24, 2.45) is 22.7 Å². The Morgan fingerprint density at radius 2 is 2.14 bits per heavy atom. The number of carbonyl (C=O) groups is 1. The second kappa shape index (κ2) is 4.25. The molecule has 3 fully saturated rings. The number of sulfonamides is 1. The summed E-state index contributed by atoms with van der Waals surface area (Å²) in [5, 5.41) is 0. The smallest absolute Gasteiger partial charge is 0.240 e. The molecule has 1 spiro atoms. The average molecular weight is 309 g/mol. The molecule has 1 amide bonds. The van der Waals surface area contributed by atoms with Gasteiger partial charge in [0.15, 0.2) is 0 Å². The largest absolute Gasteiger partial charge is 0.273 e. The Morgan fingerprint density at radius 1 is 1.48 bits per heavy atom. The monoisotopic (exact) mass is 309 g/mol. The van der Waals surface area contributed by atoms with Gasteiger partial charge in [-0.15, -0.1) is 12.3 Å². The Bertz CT molecular complexity index is 630. The van der Waals surface area contributed by atoms with Gasteiger partial charge in [0, 0.05) is 17.8 Å². The summed E-state index contributed by atoms with van der Waals surface area (Å²) in [6.07, 6.45) is 8.38. The van der Waals surface area contributed by atoms with E-state index >= 15 is 0 Å². The van der Waals surface area contributed by atoms with Crippen LogP contribution in [0, 0.1) is 35.0 Å². The highest BCUT2D eigenvalue weighted by Crippen LogP contribution is 2.70. The quantitative estimate of drug-likeness (QED) is 0.733. The highest BCUT2D eigenvalue weighted by molar-refractivity contribution is 7.90. The van der Waals surface area contributed by atoms with Gasteiger partial charge in [-0.3, -0.25) is 4.79 Å². The molecule has 1 heterocycles. The number of terminal acetylenes is 1. The van der Waals surface area contributed by atoms with Crippen LogP contribution < -0.4 is 0 Å². The minimum Gasteiger partial charge on any atom is -0.273 e. The number of carbonyl (C=O) groups excluding carboxylic acids is 1. The summed E-state index contributed by atoms with van der Waals surface area (Å²) in [4.78, 5) is 12.6. The van der Waals surface area contributed by atoms with E-state index in [-0.39, 0.29) is 35.0 Å². The number of hydrogen-bond donors (Lipinski definition) is 0. The Hall–Kier alpha value is -1.02. The summed E-state index contributed by atoms with van der Waals surface area (Å²) >= 11 is 0. The first-order valence-electron chi connectivity index (χ1n) is 7.67. The highest BCUT2D eigenvalue weighted by Gasteiger charge is 2.72. The van der Waals surface area contributed by atoms with Crippen molar-refractivity contribution in [3.8, 4) is 12.3 Å². The maximum Gasteiger partial charge on any atom is 0.240 e. The number of fused-ring (bicyclic) bond motifs is 1. The summed E-state index contributed by atoms with van der Waals surface area (Å²) in [5.41, 5.74) is -0.253. The minimum atomic E-state index is -3.51. The fraction of sp³-hybridized carbons (Fsp3) is 0.812. The molecule has 4 atom stereocenters. The molecule has 3 aliphatic rings. The van der Waals surface area contributed by atoms with E-state index in [1.54, 1.807) is 6.92 Å². The zero-order chi connectivity index (χ0) is 15.6. The van der Waals surface area contributed by atoms with Crippen LogP contribution in [0.25, 0.3) is 0 Å². The van der Waals surface area contributed by atoms with Crippen molar-refractivity contribution in [3.63, 3.8) is 0 Å². The molecule has 1 aliphatic heterocycles. The first kappa shape index (κ1) is 14.9. The van der Waals surface area contributed by atoms with Crippen molar-refractivity contribution in [2.75, 3.05) is 5.75 Å². The van der Waals surface area contributed by atoms with Crippen molar-refractivity contribution in [2.45, 2.75) is 52.5 Å². The topological polar surface area (TPSA) is 54.5 Å². The van der Waals surface area contributed by atoms with Crippen LogP contribution in [-0.4, -0.2) is 30.4 Å². The van der Waals surface area contributed by atoms with E-state index in [2.05, 4.69) is 19.8 Å². The van der Waals surface area contributed by atoms with Crippen LogP contribution in [0.5, 0.6) is 0 Å². The van der Waals surface area contributed by atoms with Crippen molar-refractivity contribution in [1.82, 2.24) is 4.31 Å². The van der Waals surface area contributed by atoms with Crippen molar-refractivity contribution >= 4 is 15.9 Å². The van der Waals surface area contributed by atoms with Crippen LogP contribution in [0.1, 0.15) is 46.5 Å². The number of hydrogen-bond acceptors (Lipinski definition) is 3. The molecule has 0 aromatic rings. The molecule has 0 aromatic heterocycles. The lowest BCUT2D eigenvalue weighted by Gasteiger charge is -2.37. The second-order valence-corrected chi connectivity index (χ2v) is 9.41. The van der Waals surface area contributed by atoms with Gasteiger partial charge in [0.2, 0.25) is 15.9 Å². The third-order valence-corrected chi connectivity index (χ3v) is 8.39. The Kier molecular flexibility index (Phi) is 3.02. The van der Waals surface area contributed by atoms with Gasteiger partial charge in [0.05, 0.1) is 11.8 Å². The highest BCUT2D eigenvalue weighted by atomic mass is 32.2. The minimum absolute atomic E-state index is 0.00484. The average Bonchev–Trinajstić information content (AvgIpc) is 2.85. The molecule has 0 radical (unpaired) electrons. The van der Waals surface area contributed by atoms with Crippen LogP contribution in [0.2, 0.25) is 0 Å². The van der Waals surface area contributed by atoms with E-state index in [1.807, 2.05) is 0 Å². The predicted molar refractivity (Wildman–Crippen MR) is 80.6 cm³/mol. The fourth-order valence-electron chi connectivity index (χ4n) is 5.06.